The lowest BCUT2D eigenvalue weighted by Gasteiger charge is -2.41. The smallest absolute Gasteiger partial charge is 0.394 e. The zero-order chi connectivity index (χ0) is 51.9. The fourth-order valence-corrected chi connectivity index (χ4v) is 10.4. The van der Waals surface area contributed by atoms with E-state index < -0.39 is 59.9 Å². The number of nitrogens with one attached hydrogen (secondary N) is 1. The molecule has 1 saturated heterocycles. The molecule has 0 spiro atoms. The molecule has 0 radical (unpaired) electrons. The van der Waals surface area contributed by atoms with Crippen LogP contribution in [0.4, 0.5) is 0 Å². The molecule has 0 aliphatic carbocycles. The minimum Gasteiger partial charge on any atom is -0.394 e. The Morgan fingerprint density at radius 1 is 0.549 bits per heavy atom. The van der Waals surface area contributed by atoms with Crippen LogP contribution in [-0.2, 0) is 28.9 Å². The molecule has 7 atom stereocenters. The fourth-order valence-electron chi connectivity index (χ4n) is 9.93. The Morgan fingerprint density at radius 2 is 0.887 bits per heavy atom. The summed E-state index contributed by atoms with van der Waals surface area (Å²) in [6.45, 7) is 3.43. The molecule has 12 nitrogen and oxygen atoms in total. The van der Waals surface area contributed by atoms with Crippen molar-refractivity contribution in [1.82, 2.24) is 5.32 Å². The predicted octanol–water partition coefficient (Wildman–Crippen LogP) is 14.2. The number of aliphatic hydroxyl groups excluding tert-OH is 4. The first-order valence-corrected chi connectivity index (χ1v) is 31.4. The average molecular weight is 1030 g/mol. The molecule has 6 N–H and O–H groups in total. The van der Waals surface area contributed by atoms with Crippen molar-refractivity contribution in [3.05, 3.63) is 12.2 Å². The lowest BCUT2D eigenvalue weighted by atomic mass is 9.99. The van der Waals surface area contributed by atoms with Gasteiger partial charge in [-0.1, -0.05) is 283 Å². The molecule has 1 rings (SSSR count). The van der Waals surface area contributed by atoms with E-state index in [0.717, 1.165) is 38.5 Å². The molecule has 422 valence electrons. The second-order valence-electron chi connectivity index (χ2n) is 21.3. The molecule has 0 aromatic carbocycles. The van der Waals surface area contributed by atoms with E-state index in [-0.39, 0.29) is 18.9 Å². The van der Waals surface area contributed by atoms with Gasteiger partial charge in [0.05, 0.1) is 25.4 Å². The molecule has 0 aromatic rings. The number of amides is 1. The summed E-state index contributed by atoms with van der Waals surface area (Å²) in [5.74, 6) is -0.256. The number of carbonyl (C=O) groups excluding carboxylic acids is 1. The number of hydrogen-bond donors (Lipinski definition) is 6. The first kappa shape index (κ1) is 67.9. The molecule has 1 fully saturated rings. The van der Waals surface area contributed by atoms with Crippen LogP contribution in [-0.4, -0.2) is 95.4 Å². The van der Waals surface area contributed by atoms with Crippen molar-refractivity contribution in [2.45, 2.75) is 339 Å². The minimum absolute atomic E-state index is 0.256. The standard InChI is InChI=1S/C58H113NO11S/c1-3-5-7-9-11-13-15-17-19-20-21-22-23-24-25-26-27-28-29-30-31-32-33-34-36-38-40-42-44-46-48-54(62)59-51(50-68-58-56(64)57(70-71(65,66)67)55(63)53(49-60)69-58)52(61)47-45-43-41-39-37-35-18-16-14-12-10-8-6-4-2/h45,47,51-53,55-58,60-61,63-64H,3-44,46,48-50H2,1-2H3,(H,59,62)(H,65,66,67)/b47-45+. The highest BCUT2D eigenvalue weighted by atomic mass is 32.3. The van der Waals surface area contributed by atoms with Gasteiger partial charge in [0.15, 0.2) is 6.29 Å². The van der Waals surface area contributed by atoms with E-state index in [9.17, 15) is 38.2 Å². The van der Waals surface area contributed by atoms with Gasteiger partial charge < -0.3 is 35.2 Å². The van der Waals surface area contributed by atoms with Crippen molar-refractivity contribution < 1.29 is 51.8 Å². The Morgan fingerprint density at radius 3 is 1.23 bits per heavy atom. The van der Waals surface area contributed by atoms with E-state index in [1.807, 2.05) is 6.08 Å². The summed E-state index contributed by atoms with van der Waals surface area (Å²) in [6, 6.07) is -0.939. The number of aliphatic hydroxyl groups is 4. The zero-order valence-electron chi connectivity index (χ0n) is 45.8. The Bertz CT molecular complexity index is 1310. The SMILES string of the molecule is CCCCCCCCCCCCCC/C=C/C(O)C(COC1OC(CO)C(O)C(OS(=O)(=O)O)C1O)NC(=O)CCCCCCCCCCCCCCCCCCCCCCCCCCCCCCCC. The van der Waals surface area contributed by atoms with Gasteiger partial charge in [0, 0.05) is 6.42 Å². The number of hydrogen-bond acceptors (Lipinski definition) is 10. The maximum Gasteiger partial charge on any atom is 0.397 e. The van der Waals surface area contributed by atoms with Crippen LogP contribution in [0.25, 0.3) is 0 Å². The van der Waals surface area contributed by atoms with Gasteiger partial charge in [-0.2, -0.15) is 8.42 Å². The molecule has 7 unspecified atom stereocenters. The molecule has 1 aliphatic rings. The van der Waals surface area contributed by atoms with Crippen LogP contribution in [0, 0.1) is 0 Å². The number of carbonyl (C=O) groups is 1. The first-order chi connectivity index (χ1) is 34.5. The summed E-state index contributed by atoms with van der Waals surface area (Å²) >= 11 is 0. The molecule has 0 bridgehead atoms. The Labute approximate surface area is 436 Å². The molecular formula is C58H113NO11S. The van der Waals surface area contributed by atoms with Gasteiger partial charge in [0.1, 0.15) is 24.4 Å². The summed E-state index contributed by atoms with van der Waals surface area (Å²) in [7, 11) is -5.09. The second kappa shape index (κ2) is 48.5. The second-order valence-corrected chi connectivity index (χ2v) is 22.4. The third kappa shape index (κ3) is 40.8. The highest BCUT2D eigenvalue weighted by Crippen LogP contribution is 2.26. The lowest BCUT2D eigenvalue weighted by molar-refractivity contribution is -0.298. The topological polar surface area (TPSA) is 192 Å². The van der Waals surface area contributed by atoms with E-state index in [0.29, 0.717) is 6.42 Å². The van der Waals surface area contributed by atoms with Crippen LogP contribution in [0.5, 0.6) is 0 Å². The molecule has 13 heteroatoms. The van der Waals surface area contributed by atoms with Crippen LogP contribution in [0.3, 0.4) is 0 Å². The summed E-state index contributed by atoms with van der Waals surface area (Å²) < 4.78 is 47.8. The van der Waals surface area contributed by atoms with Crippen LogP contribution < -0.4 is 5.32 Å². The quantitative estimate of drug-likeness (QED) is 0.0193. The van der Waals surface area contributed by atoms with E-state index in [4.69, 9.17) is 9.47 Å². The average Bonchev–Trinajstić information content (AvgIpc) is 3.34. The number of unbranched alkanes of at least 4 members (excludes halogenated alkanes) is 41. The van der Waals surface area contributed by atoms with Crippen LogP contribution in [0.1, 0.15) is 296 Å². The van der Waals surface area contributed by atoms with E-state index in [1.54, 1.807) is 6.08 Å². The highest BCUT2D eigenvalue weighted by molar-refractivity contribution is 7.80. The third-order valence-corrected chi connectivity index (χ3v) is 15.0. The Hall–Kier alpha value is -1.16. The summed E-state index contributed by atoms with van der Waals surface area (Å²) in [5.41, 5.74) is 0. The molecule has 1 heterocycles. The monoisotopic (exact) mass is 1030 g/mol. The van der Waals surface area contributed by atoms with Gasteiger partial charge in [-0.15, -0.1) is 0 Å². The van der Waals surface area contributed by atoms with Crippen LogP contribution in [0.2, 0.25) is 0 Å². The number of ether oxygens (including phenoxy) is 2. The van der Waals surface area contributed by atoms with E-state index in [1.165, 1.54) is 231 Å². The van der Waals surface area contributed by atoms with Gasteiger partial charge in [0.25, 0.3) is 0 Å². The van der Waals surface area contributed by atoms with Gasteiger partial charge in [-0.05, 0) is 19.3 Å². The summed E-state index contributed by atoms with van der Waals surface area (Å²) in [4.78, 5) is 13.1. The van der Waals surface area contributed by atoms with Gasteiger partial charge in [0.2, 0.25) is 5.91 Å². The van der Waals surface area contributed by atoms with Crippen LogP contribution >= 0.6 is 0 Å². The van der Waals surface area contributed by atoms with Crippen molar-refractivity contribution in [2.24, 2.45) is 0 Å². The lowest BCUT2D eigenvalue weighted by Crippen LogP contribution is -2.61. The molecule has 1 amide bonds. The first-order valence-electron chi connectivity index (χ1n) is 30.1. The molecule has 0 aromatic heterocycles. The molecular weight excluding hydrogens is 919 g/mol. The van der Waals surface area contributed by atoms with Crippen molar-refractivity contribution in [1.29, 1.82) is 0 Å². The van der Waals surface area contributed by atoms with Crippen molar-refractivity contribution in [3.8, 4) is 0 Å². The van der Waals surface area contributed by atoms with E-state index >= 15 is 0 Å². The maximum absolute atomic E-state index is 13.1. The highest BCUT2D eigenvalue weighted by Gasteiger charge is 2.48. The summed E-state index contributed by atoms with van der Waals surface area (Å²) in [6.07, 6.45) is 49.9. The van der Waals surface area contributed by atoms with E-state index in [2.05, 4.69) is 23.3 Å². The maximum atomic E-state index is 13.1. The van der Waals surface area contributed by atoms with Crippen molar-refractivity contribution >= 4 is 16.3 Å². The minimum atomic E-state index is -5.09. The molecule has 71 heavy (non-hydrogen) atoms. The van der Waals surface area contributed by atoms with Crippen molar-refractivity contribution in [3.63, 3.8) is 0 Å². The van der Waals surface area contributed by atoms with Gasteiger partial charge in [-0.25, -0.2) is 4.18 Å². The number of rotatable bonds is 53. The van der Waals surface area contributed by atoms with Gasteiger partial charge >= 0.3 is 10.4 Å². The number of allylic oxidation sites excluding steroid dienone is 1. The molecule has 0 saturated carbocycles. The third-order valence-electron chi connectivity index (χ3n) is 14.6. The Balaban J connectivity index is 2.25. The largest absolute Gasteiger partial charge is 0.397 e. The zero-order valence-corrected chi connectivity index (χ0v) is 46.6. The Kier molecular flexibility index (Phi) is 46.3. The molecule has 1 aliphatic heterocycles. The van der Waals surface area contributed by atoms with Gasteiger partial charge in [-0.3, -0.25) is 9.35 Å². The van der Waals surface area contributed by atoms with Crippen LogP contribution in [0.15, 0.2) is 12.2 Å². The fraction of sp³-hybridized carbons (Fsp3) is 0.948. The van der Waals surface area contributed by atoms with Crippen molar-refractivity contribution in [2.75, 3.05) is 13.2 Å². The normalized spacial score (nSPS) is 19.5. The summed E-state index contributed by atoms with van der Waals surface area (Å²) in [5, 5.41) is 44.9. The predicted molar refractivity (Wildman–Crippen MR) is 292 cm³/mol.